The molecule has 6 heteroatoms. The molecule has 0 saturated carbocycles. The predicted molar refractivity (Wildman–Crippen MR) is 83.1 cm³/mol. The Balaban J connectivity index is 1.49. The fourth-order valence-corrected chi connectivity index (χ4v) is 3.56. The molecule has 122 valence electrons. The molecule has 4 rings (SSSR count). The van der Waals surface area contributed by atoms with Crippen molar-refractivity contribution in [1.29, 1.82) is 0 Å². The van der Waals surface area contributed by atoms with Crippen LogP contribution in [0.25, 0.3) is 0 Å². The molecule has 2 aliphatic heterocycles. The summed E-state index contributed by atoms with van der Waals surface area (Å²) in [5.41, 5.74) is 0.963. The predicted octanol–water partition coefficient (Wildman–Crippen LogP) is 2.19. The Bertz CT molecular complexity index is 646. The van der Waals surface area contributed by atoms with Gasteiger partial charge in [0.25, 0.3) is 0 Å². The molecular formula is C17H21N3O3. The van der Waals surface area contributed by atoms with E-state index < -0.39 is 0 Å². The summed E-state index contributed by atoms with van der Waals surface area (Å²) in [6, 6.07) is 8.08. The van der Waals surface area contributed by atoms with Gasteiger partial charge in [0.15, 0.2) is 0 Å². The third kappa shape index (κ3) is 3.09. The molecule has 0 spiro atoms. The second-order valence-corrected chi connectivity index (χ2v) is 6.23. The first-order valence-electron chi connectivity index (χ1n) is 8.15. The first-order chi connectivity index (χ1) is 11.3. The van der Waals surface area contributed by atoms with Gasteiger partial charge in [-0.3, -0.25) is 4.90 Å². The zero-order chi connectivity index (χ0) is 15.6. The maximum Gasteiger partial charge on any atom is 0.213 e. The Morgan fingerprint density at radius 2 is 2.35 bits per heavy atom. The van der Waals surface area contributed by atoms with Crippen molar-refractivity contribution in [3.63, 3.8) is 0 Å². The van der Waals surface area contributed by atoms with Crippen molar-refractivity contribution >= 4 is 0 Å². The van der Waals surface area contributed by atoms with E-state index in [1.54, 1.807) is 6.20 Å². The van der Waals surface area contributed by atoms with E-state index in [-0.39, 0.29) is 12.2 Å². The van der Waals surface area contributed by atoms with Crippen LogP contribution in [0.1, 0.15) is 24.3 Å². The summed E-state index contributed by atoms with van der Waals surface area (Å²) in [5.74, 6) is 1.50. The largest absolute Gasteiger partial charge is 0.470 e. The summed E-state index contributed by atoms with van der Waals surface area (Å²) < 4.78 is 17.3. The summed E-state index contributed by atoms with van der Waals surface area (Å²) in [4.78, 5) is 6.67. The number of hydrogen-bond acceptors (Lipinski definition) is 6. The van der Waals surface area contributed by atoms with Crippen LogP contribution in [0.15, 0.2) is 35.0 Å². The Morgan fingerprint density at radius 3 is 3.13 bits per heavy atom. The summed E-state index contributed by atoms with van der Waals surface area (Å²) in [6.45, 7) is 4.31. The van der Waals surface area contributed by atoms with Crippen molar-refractivity contribution < 1.29 is 14.0 Å². The summed E-state index contributed by atoms with van der Waals surface area (Å²) in [6.07, 6.45) is 4.07. The number of fused-ring (bicyclic) bond motifs is 1. The van der Waals surface area contributed by atoms with E-state index in [4.69, 9.17) is 14.0 Å². The van der Waals surface area contributed by atoms with Crippen LogP contribution in [-0.2, 0) is 11.3 Å². The lowest BCUT2D eigenvalue weighted by Crippen LogP contribution is -2.42. The second kappa shape index (κ2) is 6.29. The molecule has 23 heavy (non-hydrogen) atoms. The highest BCUT2D eigenvalue weighted by atomic mass is 16.5. The minimum atomic E-state index is 0.00296. The topological polar surface area (TPSA) is 60.6 Å². The summed E-state index contributed by atoms with van der Waals surface area (Å²) in [7, 11) is 0. The third-order valence-corrected chi connectivity index (χ3v) is 4.54. The molecule has 0 N–H and O–H groups in total. The van der Waals surface area contributed by atoms with Gasteiger partial charge in [-0.25, -0.2) is 4.98 Å². The molecule has 2 aliphatic rings. The van der Waals surface area contributed by atoms with Gasteiger partial charge in [0.2, 0.25) is 5.88 Å². The minimum absolute atomic E-state index is 0.00296. The first kappa shape index (κ1) is 14.7. The van der Waals surface area contributed by atoms with E-state index in [2.05, 4.69) is 15.0 Å². The Kier molecular flexibility index (Phi) is 4.01. The van der Waals surface area contributed by atoms with Gasteiger partial charge in [0, 0.05) is 44.1 Å². The van der Waals surface area contributed by atoms with Crippen LogP contribution in [0, 0.1) is 6.92 Å². The second-order valence-electron chi connectivity index (χ2n) is 6.23. The van der Waals surface area contributed by atoms with Crippen LogP contribution < -0.4 is 4.74 Å². The van der Waals surface area contributed by atoms with E-state index in [0.717, 1.165) is 44.0 Å². The van der Waals surface area contributed by atoms with Crippen molar-refractivity contribution in [1.82, 2.24) is 15.0 Å². The zero-order valence-electron chi connectivity index (χ0n) is 13.2. The molecule has 0 bridgehead atoms. The number of rotatable bonds is 4. The highest BCUT2D eigenvalue weighted by molar-refractivity contribution is 5.12. The molecule has 2 saturated heterocycles. The maximum absolute atomic E-state index is 6.10. The Labute approximate surface area is 135 Å². The molecule has 3 atom stereocenters. The van der Waals surface area contributed by atoms with Crippen molar-refractivity contribution in [2.45, 2.75) is 44.6 Å². The lowest BCUT2D eigenvalue weighted by atomic mass is 10.0. The highest BCUT2D eigenvalue weighted by Crippen LogP contribution is 2.32. The van der Waals surface area contributed by atoms with E-state index >= 15 is 0 Å². The van der Waals surface area contributed by atoms with Crippen molar-refractivity contribution in [2.24, 2.45) is 0 Å². The number of hydrogen-bond donors (Lipinski definition) is 0. The standard InChI is InChI=1S/C17H21N3O3/c1-12-9-13(19-23-12)10-20-11-15(17-14(20)5-4-8-21-17)22-16-6-2-3-7-18-16/h2-3,6-7,9,14-15,17H,4-5,8,10-11H2,1H3/t14-,15+,17+/m0/s1. The van der Waals surface area contributed by atoms with Crippen molar-refractivity contribution in [3.05, 3.63) is 41.9 Å². The fourth-order valence-electron chi connectivity index (χ4n) is 3.56. The Morgan fingerprint density at radius 1 is 1.39 bits per heavy atom. The van der Waals surface area contributed by atoms with Gasteiger partial charge in [-0.05, 0) is 25.8 Å². The number of nitrogens with zero attached hydrogens (tertiary/aromatic N) is 3. The average molecular weight is 315 g/mol. The van der Waals surface area contributed by atoms with E-state index in [1.165, 1.54) is 0 Å². The zero-order valence-corrected chi connectivity index (χ0v) is 13.2. The van der Waals surface area contributed by atoms with Gasteiger partial charge in [0.05, 0.1) is 5.69 Å². The van der Waals surface area contributed by atoms with Crippen molar-refractivity contribution in [3.8, 4) is 5.88 Å². The van der Waals surface area contributed by atoms with E-state index in [1.807, 2.05) is 31.2 Å². The molecule has 0 unspecified atom stereocenters. The molecular weight excluding hydrogens is 294 g/mol. The van der Waals surface area contributed by atoms with Crippen LogP contribution in [0.3, 0.4) is 0 Å². The molecule has 2 aromatic heterocycles. The Hall–Kier alpha value is -1.92. The van der Waals surface area contributed by atoms with Crippen LogP contribution >= 0.6 is 0 Å². The maximum atomic E-state index is 6.10. The van der Waals surface area contributed by atoms with Gasteiger partial charge >= 0.3 is 0 Å². The average Bonchev–Trinajstić information content (AvgIpc) is 3.14. The number of likely N-dealkylation sites (tertiary alicyclic amines) is 1. The molecule has 4 heterocycles. The van der Waals surface area contributed by atoms with Crippen LogP contribution in [-0.4, -0.2) is 46.4 Å². The molecule has 0 aromatic carbocycles. The van der Waals surface area contributed by atoms with Crippen LogP contribution in [0.2, 0.25) is 0 Å². The lowest BCUT2D eigenvalue weighted by molar-refractivity contribution is -0.0481. The molecule has 2 aromatic rings. The summed E-state index contributed by atoms with van der Waals surface area (Å²) >= 11 is 0. The van der Waals surface area contributed by atoms with Gasteiger partial charge in [-0.15, -0.1) is 0 Å². The third-order valence-electron chi connectivity index (χ3n) is 4.54. The smallest absolute Gasteiger partial charge is 0.213 e. The number of aryl methyl sites for hydroxylation is 1. The minimum Gasteiger partial charge on any atom is -0.470 e. The lowest BCUT2D eigenvalue weighted by Gasteiger charge is -2.31. The normalized spacial score (nSPS) is 27.8. The molecule has 0 aliphatic carbocycles. The quantitative estimate of drug-likeness (QED) is 0.862. The fraction of sp³-hybridized carbons (Fsp3) is 0.529. The van der Waals surface area contributed by atoms with Gasteiger partial charge in [-0.2, -0.15) is 0 Å². The molecule has 2 fully saturated rings. The molecule has 0 radical (unpaired) electrons. The number of ether oxygens (including phenoxy) is 2. The van der Waals surface area contributed by atoms with Crippen LogP contribution in [0.5, 0.6) is 5.88 Å². The number of aromatic nitrogens is 2. The van der Waals surface area contributed by atoms with Gasteiger partial charge in [-0.1, -0.05) is 11.2 Å². The van der Waals surface area contributed by atoms with E-state index in [0.29, 0.717) is 11.9 Å². The van der Waals surface area contributed by atoms with Crippen molar-refractivity contribution in [2.75, 3.05) is 13.2 Å². The monoisotopic (exact) mass is 315 g/mol. The SMILES string of the molecule is Cc1cc(CN2C[C@@H](Oc3ccccn3)[C@@H]3OCCC[C@@H]32)no1. The summed E-state index contributed by atoms with van der Waals surface area (Å²) in [5, 5.41) is 4.12. The molecule has 0 amide bonds. The molecule has 6 nitrogen and oxygen atoms in total. The van der Waals surface area contributed by atoms with Gasteiger partial charge in [0.1, 0.15) is 18.0 Å². The number of pyridine rings is 1. The van der Waals surface area contributed by atoms with Gasteiger partial charge < -0.3 is 14.0 Å². The first-order valence-corrected chi connectivity index (χ1v) is 8.15. The highest BCUT2D eigenvalue weighted by Gasteiger charge is 2.45. The van der Waals surface area contributed by atoms with E-state index in [9.17, 15) is 0 Å². The van der Waals surface area contributed by atoms with Crippen LogP contribution in [0.4, 0.5) is 0 Å².